The number of anilines is 1. The highest BCUT2D eigenvalue weighted by Crippen LogP contribution is 2.22. The number of hydrogen-bond donors (Lipinski definition) is 3. The Morgan fingerprint density at radius 3 is 2.57 bits per heavy atom. The molecule has 1 unspecified atom stereocenters. The maximum absolute atomic E-state index is 13.6. The van der Waals surface area contributed by atoms with Crippen LogP contribution in [0, 0.1) is 23.1 Å². The zero-order valence-electron chi connectivity index (χ0n) is 20.9. The maximum atomic E-state index is 13.6. The molecule has 1 aliphatic heterocycles. The van der Waals surface area contributed by atoms with Crippen LogP contribution in [0.2, 0.25) is 0 Å². The summed E-state index contributed by atoms with van der Waals surface area (Å²) in [6.07, 6.45) is 2.37. The van der Waals surface area contributed by atoms with Crippen LogP contribution in [0.15, 0.2) is 58.6 Å². The highest BCUT2D eigenvalue weighted by molar-refractivity contribution is 5.94. The zero-order chi connectivity index (χ0) is 26.5. The molecule has 1 amide bonds. The van der Waals surface area contributed by atoms with Crippen molar-refractivity contribution in [2.75, 3.05) is 38.0 Å². The number of amides is 1. The van der Waals surface area contributed by atoms with Gasteiger partial charge in [0.25, 0.3) is 11.5 Å². The van der Waals surface area contributed by atoms with E-state index in [1.807, 2.05) is 4.90 Å². The molecule has 10 heteroatoms. The first kappa shape index (κ1) is 26.2. The summed E-state index contributed by atoms with van der Waals surface area (Å²) in [5, 5.41) is 6.66. The van der Waals surface area contributed by atoms with Gasteiger partial charge in [-0.3, -0.25) is 9.59 Å². The van der Waals surface area contributed by atoms with Gasteiger partial charge < -0.3 is 20.1 Å². The molecule has 3 aromatic rings. The number of fused-ring (bicyclic) bond motifs is 1. The van der Waals surface area contributed by atoms with E-state index in [1.54, 1.807) is 24.3 Å². The Kier molecular flexibility index (Phi) is 8.08. The first-order valence-corrected chi connectivity index (χ1v) is 12.3. The fourth-order valence-corrected chi connectivity index (χ4v) is 4.62. The lowest BCUT2D eigenvalue weighted by Gasteiger charge is -2.22. The number of pyridine rings is 1. The predicted octanol–water partition coefficient (Wildman–Crippen LogP) is 5.05. The van der Waals surface area contributed by atoms with Crippen LogP contribution in [0.1, 0.15) is 36.2 Å². The van der Waals surface area contributed by atoms with Crippen molar-refractivity contribution in [1.29, 1.82) is 5.53 Å². The van der Waals surface area contributed by atoms with Gasteiger partial charge >= 0.3 is 0 Å². The summed E-state index contributed by atoms with van der Waals surface area (Å²) in [6.45, 7) is 8.82. The molecule has 1 aromatic heterocycles. The summed E-state index contributed by atoms with van der Waals surface area (Å²) in [5.74, 6) is -1.63. The average molecular weight is 509 g/mol. The zero-order valence-corrected chi connectivity index (χ0v) is 20.9. The minimum absolute atomic E-state index is 0.00245. The van der Waals surface area contributed by atoms with Crippen molar-refractivity contribution in [1.82, 2.24) is 14.8 Å². The van der Waals surface area contributed by atoms with Gasteiger partial charge in [0.15, 0.2) is 11.6 Å². The molecule has 37 heavy (non-hydrogen) atoms. The summed E-state index contributed by atoms with van der Waals surface area (Å²) >= 11 is 0. The van der Waals surface area contributed by atoms with Crippen molar-refractivity contribution in [3.05, 3.63) is 81.8 Å². The molecule has 2 heterocycles. The molecule has 0 radical (unpaired) electrons. The van der Waals surface area contributed by atoms with E-state index in [0.717, 1.165) is 51.3 Å². The van der Waals surface area contributed by atoms with E-state index >= 15 is 0 Å². The van der Waals surface area contributed by atoms with Crippen molar-refractivity contribution in [2.45, 2.75) is 20.3 Å². The number of nitrogens with zero attached hydrogens (tertiary/aromatic N) is 3. The predicted molar refractivity (Wildman–Crippen MR) is 139 cm³/mol. The molecule has 0 spiro atoms. The molecule has 8 nitrogen and oxygen atoms in total. The number of benzene rings is 2. The summed E-state index contributed by atoms with van der Waals surface area (Å²) in [4.78, 5) is 32.2. The fourth-order valence-electron chi connectivity index (χ4n) is 4.62. The van der Waals surface area contributed by atoms with Crippen molar-refractivity contribution in [2.24, 2.45) is 11.0 Å². The lowest BCUT2D eigenvalue weighted by molar-refractivity contribution is 0.0784. The van der Waals surface area contributed by atoms with Crippen LogP contribution in [0.4, 0.5) is 14.5 Å². The summed E-state index contributed by atoms with van der Waals surface area (Å²) in [7, 11) is 0. The number of nitrogens with one attached hydrogen (secondary N) is 3. The molecular formula is C27H30F2N6O2. The lowest BCUT2D eigenvalue weighted by Crippen LogP contribution is -2.33. The van der Waals surface area contributed by atoms with E-state index in [4.69, 9.17) is 5.53 Å². The summed E-state index contributed by atoms with van der Waals surface area (Å²) in [6, 6.07) is 10.2. The van der Waals surface area contributed by atoms with Crippen LogP contribution >= 0.6 is 0 Å². The van der Waals surface area contributed by atoms with Crippen molar-refractivity contribution in [3.8, 4) is 0 Å². The van der Waals surface area contributed by atoms with Gasteiger partial charge in [-0.15, -0.1) is 0 Å². The molecule has 0 saturated carbocycles. The number of carbonyl (C=O) groups is 1. The standard InChI is InChI=1S/C27H30F2N6O2/c1-3-34(4-2)15-17-9-10-35(16-17)27(37)18-5-7-20(8-6-18)31-14-25(33-30)21-11-19-12-22(28)23(29)13-24(19)32-26(21)36/h5-8,11-14,17,30-31H,3-4,9-10,15-16H2,1-2H3,(H,32,36)/b25-14-,33-30?. The number of rotatable bonds is 9. The first-order chi connectivity index (χ1) is 17.8. The quantitative estimate of drug-likeness (QED) is 0.352. The molecule has 3 N–H and O–H groups in total. The molecule has 194 valence electrons. The number of aromatic nitrogens is 1. The Morgan fingerprint density at radius 2 is 1.89 bits per heavy atom. The van der Waals surface area contributed by atoms with E-state index in [1.165, 1.54) is 12.3 Å². The van der Waals surface area contributed by atoms with E-state index < -0.39 is 17.2 Å². The van der Waals surface area contributed by atoms with Gasteiger partial charge in [-0.2, -0.15) is 5.11 Å². The number of halogens is 2. The SMILES string of the molecule is CCN(CC)CC1CCN(C(=O)c2ccc(N/C=C(\N=N)c3cc4cc(F)c(F)cc4[nH]c3=O)cc2)C1. The van der Waals surface area contributed by atoms with E-state index in [2.05, 4.69) is 34.2 Å². The second-order valence-corrected chi connectivity index (χ2v) is 9.12. The Hall–Kier alpha value is -3.92. The number of H-pyrrole nitrogens is 1. The first-order valence-electron chi connectivity index (χ1n) is 12.3. The Balaban J connectivity index is 1.44. The van der Waals surface area contributed by atoms with Gasteiger partial charge in [-0.05, 0) is 61.8 Å². The van der Waals surface area contributed by atoms with Gasteiger partial charge in [0.1, 0.15) is 5.70 Å². The third-order valence-electron chi connectivity index (χ3n) is 6.77. The molecule has 1 fully saturated rings. The molecule has 0 aliphatic carbocycles. The summed E-state index contributed by atoms with van der Waals surface area (Å²) in [5.41, 5.74) is 8.29. The fraction of sp³-hybridized carbons (Fsp3) is 0.333. The molecule has 0 bridgehead atoms. The number of aromatic amines is 1. The molecule has 2 aromatic carbocycles. The van der Waals surface area contributed by atoms with Crippen molar-refractivity contribution >= 4 is 28.2 Å². The molecular weight excluding hydrogens is 478 g/mol. The summed E-state index contributed by atoms with van der Waals surface area (Å²) < 4.78 is 27.1. The second-order valence-electron chi connectivity index (χ2n) is 9.12. The maximum Gasteiger partial charge on any atom is 0.258 e. The number of carbonyl (C=O) groups excluding carboxylic acids is 1. The van der Waals surface area contributed by atoms with Gasteiger partial charge in [0.05, 0.1) is 11.1 Å². The van der Waals surface area contributed by atoms with Crippen molar-refractivity contribution in [3.63, 3.8) is 0 Å². The monoisotopic (exact) mass is 508 g/mol. The van der Waals surface area contributed by atoms with Gasteiger partial charge in [0, 0.05) is 48.5 Å². The largest absolute Gasteiger partial charge is 0.360 e. The Labute approximate surface area is 213 Å². The number of hydrogen-bond acceptors (Lipinski definition) is 6. The highest BCUT2D eigenvalue weighted by Gasteiger charge is 2.27. The average Bonchev–Trinajstić information content (AvgIpc) is 3.37. The number of likely N-dealkylation sites (tertiary alicyclic amines) is 1. The van der Waals surface area contributed by atoms with Crippen LogP contribution in [-0.2, 0) is 0 Å². The van der Waals surface area contributed by atoms with Crippen LogP contribution in [0.25, 0.3) is 16.6 Å². The third-order valence-corrected chi connectivity index (χ3v) is 6.77. The van der Waals surface area contributed by atoms with Crippen LogP contribution in [0.3, 0.4) is 0 Å². The van der Waals surface area contributed by atoms with Gasteiger partial charge in [-0.1, -0.05) is 13.8 Å². The van der Waals surface area contributed by atoms with E-state index in [-0.39, 0.29) is 28.1 Å². The second kappa shape index (κ2) is 11.4. The highest BCUT2D eigenvalue weighted by atomic mass is 19.2. The van der Waals surface area contributed by atoms with E-state index in [9.17, 15) is 18.4 Å². The topological polar surface area (TPSA) is 105 Å². The molecule has 4 rings (SSSR count). The lowest BCUT2D eigenvalue weighted by atomic mass is 10.1. The van der Waals surface area contributed by atoms with Gasteiger partial charge in [-0.25, -0.2) is 14.3 Å². The van der Waals surface area contributed by atoms with Crippen LogP contribution in [-0.4, -0.2) is 53.4 Å². The molecule has 1 atom stereocenters. The smallest absolute Gasteiger partial charge is 0.258 e. The van der Waals surface area contributed by atoms with Crippen molar-refractivity contribution < 1.29 is 13.6 Å². The Bertz CT molecular complexity index is 1380. The minimum atomic E-state index is -1.07. The Morgan fingerprint density at radius 1 is 1.19 bits per heavy atom. The normalized spacial score (nSPS) is 16.0. The minimum Gasteiger partial charge on any atom is -0.360 e. The molecule has 1 saturated heterocycles. The third kappa shape index (κ3) is 5.91. The van der Waals surface area contributed by atoms with E-state index in [0.29, 0.717) is 17.2 Å². The van der Waals surface area contributed by atoms with Crippen LogP contribution < -0.4 is 10.9 Å². The molecule has 1 aliphatic rings. The van der Waals surface area contributed by atoms with Gasteiger partial charge in [0.2, 0.25) is 0 Å². The van der Waals surface area contributed by atoms with Crippen LogP contribution in [0.5, 0.6) is 0 Å².